The number of ether oxygens (including phenoxy) is 4. The van der Waals surface area contributed by atoms with Crippen LogP contribution in [0.25, 0.3) is 33.6 Å². The molecule has 6 rings (SSSR count). The summed E-state index contributed by atoms with van der Waals surface area (Å²) in [5.74, 6) is 0.228. The number of carbonyl (C=O) groups is 4. The minimum absolute atomic E-state index is 0.155. The Kier molecular flexibility index (Phi) is 12.8. The maximum Gasteiger partial charge on any atom is 0.407 e. The first-order chi connectivity index (χ1) is 27.1. The zero-order valence-corrected chi connectivity index (χ0v) is 32.7. The number of rotatable bonds is 13. The Morgan fingerprint density at radius 1 is 0.643 bits per heavy atom. The number of H-pyrrole nitrogens is 2. The molecular formula is C41H51N7O8. The second kappa shape index (κ2) is 17.9. The Morgan fingerprint density at radius 3 is 1.61 bits per heavy atom. The van der Waals surface area contributed by atoms with Crippen LogP contribution in [0.2, 0.25) is 0 Å². The molecule has 0 aliphatic carbocycles. The van der Waals surface area contributed by atoms with E-state index in [2.05, 4.69) is 62.0 Å². The summed E-state index contributed by atoms with van der Waals surface area (Å²) in [6.45, 7) is 4.60. The lowest BCUT2D eigenvalue weighted by Gasteiger charge is -2.31. The number of alkyl carbamates (subject to hydrolysis) is 2. The number of imidazole rings is 1. The predicted octanol–water partition coefficient (Wildman–Crippen LogP) is 5.58. The van der Waals surface area contributed by atoms with Crippen molar-refractivity contribution in [1.82, 2.24) is 35.4 Å². The summed E-state index contributed by atoms with van der Waals surface area (Å²) in [5, 5.41) is 5.26. The molecule has 0 unspecified atom stereocenters. The van der Waals surface area contributed by atoms with Gasteiger partial charge in [0.2, 0.25) is 11.8 Å². The summed E-state index contributed by atoms with van der Waals surface area (Å²) >= 11 is 0. The third-order valence-electron chi connectivity index (χ3n) is 10.9. The number of aromatic amines is 2. The standard InChI is InChI=1S/C41H51N7O8/c1-24(53-3)35(45-40(51)55-5)38(49)47-21-7-9-33(47)31-20-19-30(43-31)28-15-11-26(12-16-28)27-13-17-29(18-14-27)32-23-42-37(44-32)34-10-8-22-48(34)39(50)36(25(2)54-4)46-41(52)56-6/h11-20,23-25,33-36,43H,7-10,21-22H2,1-6H3,(H,42,44)(H,45,51)(H,46,52)/t24-,25-,33-,34+,35+,36+/m1/s1. The van der Waals surface area contributed by atoms with E-state index >= 15 is 0 Å². The lowest BCUT2D eigenvalue weighted by atomic mass is 10.0. The van der Waals surface area contributed by atoms with Crippen LogP contribution < -0.4 is 10.6 Å². The molecule has 2 aromatic carbocycles. The highest BCUT2D eigenvalue weighted by molar-refractivity contribution is 5.87. The zero-order valence-electron chi connectivity index (χ0n) is 32.7. The first-order valence-corrected chi connectivity index (χ1v) is 18.9. The van der Waals surface area contributed by atoms with Crippen LogP contribution in [0, 0.1) is 0 Å². The van der Waals surface area contributed by atoms with Crippen LogP contribution >= 0.6 is 0 Å². The van der Waals surface area contributed by atoms with E-state index in [4.69, 9.17) is 18.9 Å². The van der Waals surface area contributed by atoms with E-state index in [1.165, 1.54) is 28.4 Å². The summed E-state index contributed by atoms with van der Waals surface area (Å²) < 4.78 is 20.3. The molecule has 2 fully saturated rings. The highest BCUT2D eigenvalue weighted by atomic mass is 16.5. The molecule has 15 nitrogen and oxygen atoms in total. The molecule has 15 heteroatoms. The summed E-state index contributed by atoms with van der Waals surface area (Å²) in [6, 6.07) is 18.4. The van der Waals surface area contributed by atoms with Crippen molar-refractivity contribution in [2.45, 2.75) is 75.9 Å². The molecule has 6 atom stereocenters. The number of aromatic nitrogens is 3. The lowest BCUT2D eigenvalue weighted by molar-refractivity contribution is -0.138. The number of carbonyl (C=O) groups excluding carboxylic acids is 4. The zero-order chi connectivity index (χ0) is 39.9. The van der Waals surface area contributed by atoms with Gasteiger partial charge in [-0.25, -0.2) is 14.6 Å². The third-order valence-corrected chi connectivity index (χ3v) is 10.9. The van der Waals surface area contributed by atoms with Crippen molar-refractivity contribution >= 4 is 24.0 Å². The van der Waals surface area contributed by atoms with Gasteiger partial charge in [-0.3, -0.25) is 9.59 Å². The molecule has 4 N–H and O–H groups in total. The maximum absolute atomic E-state index is 13.6. The van der Waals surface area contributed by atoms with Gasteiger partial charge < -0.3 is 49.3 Å². The third kappa shape index (κ3) is 8.58. The van der Waals surface area contributed by atoms with Gasteiger partial charge in [-0.2, -0.15) is 0 Å². The minimum atomic E-state index is -0.896. The summed E-state index contributed by atoms with van der Waals surface area (Å²) in [7, 11) is 5.53. The van der Waals surface area contributed by atoms with Crippen LogP contribution in [0.5, 0.6) is 0 Å². The van der Waals surface area contributed by atoms with Gasteiger partial charge in [0.15, 0.2) is 0 Å². The molecule has 56 heavy (non-hydrogen) atoms. The van der Waals surface area contributed by atoms with Crippen molar-refractivity contribution in [3.05, 3.63) is 78.4 Å². The second-order valence-corrected chi connectivity index (χ2v) is 14.2. The number of nitrogens with one attached hydrogen (secondary N) is 4. The highest BCUT2D eigenvalue weighted by Gasteiger charge is 2.40. The fraction of sp³-hybridized carbons (Fsp3) is 0.439. The van der Waals surface area contributed by atoms with E-state index in [9.17, 15) is 19.2 Å². The highest BCUT2D eigenvalue weighted by Crippen LogP contribution is 2.35. The molecule has 2 aromatic heterocycles. The number of likely N-dealkylation sites (tertiary alicyclic amines) is 2. The first kappa shape index (κ1) is 40.0. The topological polar surface area (TPSA) is 180 Å². The van der Waals surface area contributed by atoms with Crippen molar-refractivity contribution in [3.63, 3.8) is 0 Å². The van der Waals surface area contributed by atoms with Crippen LogP contribution in [-0.4, -0.2) is 115 Å². The molecular weight excluding hydrogens is 718 g/mol. The smallest absolute Gasteiger partial charge is 0.407 e. The summed E-state index contributed by atoms with van der Waals surface area (Å²) in [6.07, 6.45) is 2.52. The van der Waals surface area contributed by atoms with Crippen molar-refractivity contribution in [2.75, 3.05) is 41.5 Å². The van der Waals surface area contributed by atoms with Crippen LogP contribution in [0.3, 0.4) is 0 Å². The number of methoxy groups -OCH3 is 4. The first-order valence-electron chi connectivity index (χ1n) is 18.9. The van der Waals surface area contributed by atoms with Crippen LogP contribution in [0.4, 0.5) is 9.59 Å². The van der Waals surface area contributed by atoms with Crippen molar-refractivity contribution < 1.29 is 38.1 Å². The quantitative estimate of drug-likeness (QED) is 0.135. The van der Waals surface area contributed by atoms with Crippen LogP contribution in [0.15, 0.2) is 66.9 Å². The molecule has 4 amide bonds. The van der Waals surface area contributed by atoms with Gasteiger partial charge in [-0.15, -0.1) is 0 Å². The van der Waals surface area contributed by atoms with Gasteiger partial charge in [0, 0.05) is 38.7 Å². The van der Waals surface area contributed by atoms with Crippen LogP contribution in [0.1, 0.15) is 63.1 Å². The molecule has 0 saturated carbocycles. The van der Waals surface area contributed by atoms with E-state index in [1.54, 1.807) is 29.8 Å². The average Bonchev–Trinajstić information content (AvgIpc) is 4.08. The SMILES string of the molecule is COC(=O)N[C@H](C(=O)N1CCC[C@@H]1c1ccc(-c2ccc(-c3ccc(-c4cnc([C@@H]5CCCN5C(=O)[C@@H](NC(=O)OC)[C@@H](C)OC)[nH]4)cc3)cc2)[nH]1)[C@@H](C)OC. The molecule has 2 aliphatic rings. The summed E-state index contributed by atoms with van der Waals surface area (Å²) in [5.41, 5.74) is 6.79. The molecule has 0 bridgehead atoms. The summed E-state index contributed by atoms with van der Waals surface area (Å²) in [4.78, 5) is 66.4. The maximum atomic E-state index is 13.6. The molecule has 298 valence electrons. The minimum Gasteiger partial charge on any atom is -0.453 e. The Hall–Kier alpha value is -5.67. The molecule has 0 spiro atoms. The second-order valence-electron chi connectivity index (χ2n) is 14.2. The monoisotopic (exact) mass is 769 g/mol. The molecule has 0 radical (unpaired) electrons. The molecule has 2 aliphatic heterocycles. The molecule has 4 heterocycles. The van der Waals surface area contributed by atoms with Gasteiger partial charge in [0.25, 0.3) is 0 Å². The molecule has 4 aromatic rings. The average molecular weight is 770 g/mol. The fourth-order valence-corrected chi connectivity index (χ4v) is 7.54. The number of benzene rings is 2. The van der Waals surface area contributed by atoms with E-state index in [0.29, 0.717) is 18.9 Å². The van der Waals surface area contributed by atoms with Crippen molar-refractivity contribution in [2.24, 2.45) is 0 Å². The van der Waals surface area contributed by atoms with E-state index in [0.717, 1.165) is 65.0 Å². The number of amides is 4. The fourth-order valence-electron chi connectivity index (χ4n) is 7.54. The number of hydrogen-bond donors (Lipinski definition) is 4. The Bertz CT molecular complexity index is 1840. The van der Waals surface area contributed by atoms with Gasteiger partial charge in [0.1, 0.15) is 17.9 Å². The largest absolute Gasteiger partial charge is 0.453 e. The van der Waals surface area contributed by atoms with E-state index < -0.39 is 36.5 Å². The lowest BCUT2D eigenvalue weighted by Crippen LogP contribution is -2.54. The Morgan fingerprint density at radius 2 is 1.11 bits per heavy atom. The predicted molar refractivity (Wildman–Crippen MR) is 208 cm³/mol. The van der Waals surface area contributed by atoms with Gasteiger partial charge in [0.05, 0.1) is 50.4 Å². The van der Waals surface area contributed by atoms with Crippen molar-refractivity contribution in [3.8, 4) is 33.6 Å². The Labute approximate surface area is 326 Å². The van der Waals surface area contributed by atoms with Crippen molar-refractivity contribution in [1.29, 1.82) is 0 Å². The van der Waals surface area contributed by atoms with E-state index in [1.807, 2.05) is 24.3 Å². The van der Waals surface area contributed by atoms with Gasteiger partial charge in [-0.05, 0) is 73.9 Å². The Balaban J connectivity index is 1.11. The number of hydrogen-bond acceptors (Lipinski definition) is 9. The van der Waals surface area contributed by atoms with Gasteiger partial charge >= 0.3 is 12.2 Å². The van der Waals surface area contributed by atoms with E-state index in [-0.39, 0.29) is 23.9 Å². The van der Waals surface area contributed by atoms with Gasteiger partial charge in [-0.1, -0.05) is 48.5 Å². The number of nitrogens with zero attached hydrogens (tertiary/aromatic N) is 3. The van der Waals surface area contributed by atoms with Crippen LogP contribution in [-0.2, 0) is 28.5 Å². The normalized spacial score (nSPS) is 18.9. The molecule has 2 saturated heterocycles.